The largest absolute Gasteiger partial charge is 0.379 e. The van der Waals surface area contributed by atoms with Crippen LogP contribution >= 0.6 is 0 Å². The number of hydrogen-bond acceptors (Lipinski definition) is 5. The third-order valence-electron chi connectivity index (χ3n) is 6.56. The summed E-state index contributed by atoms with van der Waals surface area (Å²) in [5, 5.41) is 0. The van der Waals surface area contributed by atoms with Crippen LogP contribution in [-0.2, 0) is 10.2 Å². The lowest BCUT2D eigenvalue weighted by Crippen LogP contribution is -2.43. The van der Waals surface area contributed by atoms with Crippen LogP contribution < -0.4 is 4.90 Å². The molecule has 136 valence electrons. The van der Waals surface area contributed by atoms with E-state index in [1.807, 2.05) is 6.20 Å². The Balaban J connectivity index is 1.40. The highest BCUT2D eigenvalue weighted by Gasteiger charge is 2.47. The fraction of sp³-hybridized carbons (Fsp3) is 0.524. The van der Waals surface area contributed by atoms with Crippen molar-refractivity contribution >= 4 is 5.82 Å². The summed E-state index contributed by atoms with van der Waals surface area (Å²) in [6, 6.07) is 9.72. The van der Waals surface area contributed by atoms with Gasteiger partial charge in [-0.05, 0) is 30.4 Å². The molecule has 1 aromatic heterocycles. The van der Waals surface area contributed by atoms with Crippen molar-refractivity contribution in [3.63, 3.8) is 0 Å². The molecule has 0 saturated carbocycles. The van der Waals surface area contributed by atoms with Gasteiger partial charge in [-0.3, -0.25) is 9.88 Å². The van der Waals surface area contributed by atoms with Crippen molar-refractivity contribution in [2.24, 2.45) is 0 Å². The van der Waals surface area contributed by atoms with Crippen LogP contribution in [0.3, 0.4) is 0 Å². The van der Waals surface area contributed by atoms with Crippen LogP contribution in [0.2, 0.25) is 0 Å². The molecule has 1 spiro atoms. The summed E-state index contributed by atoms with van der Waals surface area (Å²) in [5.74, 6) is 1.01. The highest BCUT2D eigenvalue weighted by Crippen LogP contribution is 2.52. The van der Waals surface area contributed by atoms with Gasteiger partial charge in [-0.15, -0.1) is 0 Å². The van der Waals surface area contributed by atoms with E-state index in [1.165, 1.54) is 19.3 Å². The molecule has 1 aromatic carbocycles. The van der Waals surface area contributed by atoms with Crippen molar-refractivity contribution < 1.29 is 4.74 Å². The molecule has 3 heterocycles. The summed E-state index contributed by atoms with van der Waals surface area (Å²) in [5.41, 5.74) is 3.47. The smallest absolute Gasteiger partial charge is 0.147 e. The van der Waals surface area contributed by atoms with Crippen LogP contribution in [0.1, 0.15) is 36.4 Å². The molecule has 5 rings (SSSR count). The first-order chi connectivity index (χ1) is 12.9. The number of nitrogens with zero attached hydrogens (tertiary/aromatic N) is 4. The van der Waals surface area contributed by atoms with Gasteiger partial charge in [-0.25, -0.2) is 4.98 Å². The molecular formula is C21H26N4O. The van der Waals surface area contributed by atoms with Crippen molar-refractivity contribution in [1.82, 2.24) is 14.9 Å². The minimum Gasteiger partial charge on any atom is -0.379 e. The summed E-state index contributed by atoms with van der Waals surface area (Å²) in [6.45, 7) is 5.96. The summed E-state index contributed by atoms with van der Waals surface area (Å²) >= 11 is 0. The summed E-state index contributed by atoms with van der Waals surface area (Å²) in [6.07, 6.45) is 9.06. The Morgan fingerprint density at radius 1 is 1.00 bits per heavy atom. The van der Waals surface area contributed by atoms with E-state index >= 15 is 0 Å². The maximum Gasteiger partial charge on any atom is 0.147 e. The van der Waals surface area contributed by atoms with Gasteiger partial charge < -0.3 is 9.64 Å². The first-order valence-electron chi connectivity index (χ1n) is 9.78. The summed E-state index contributed by atoms with van der Waals surface area (Å²) in [4.78, 5) is 13.8. The fourth-order valence-corrected chi connectivity index (χ4v) is 5.17. The number of anilines is 1. The standard InChI is InChI=1S/C21H26N4O/c1-2-4-18-17(3-1)19(24-11-13-26-14-12-24)15-21(18)5-9-25(10-6-21)20-16-22-7-8-23-20/h1-4,7-8,16,19H,5-6,9-15H2. The van der Waals surface area contributed by atoms with E-state index in [4.69, 9.17) is 4.74 Å². The number of piperidine rings is 1. The number of ether oxygens (including phenoxy) is 1. The maximum absolute atomic E-state index is 5.59. The summed E-state index contributed by atoms with van der Waals surface area (Å²) < 4.78 is 5.59. The monoisotopic (exact) mass is 350 g/mol. The predicted molar refractivity (Wildman–Crippen MR) is 101 cm³/mol. The molecule has 1 atom stereocenters. The van der Waals surface area contributed by atoms with Gasteiger partial charge >= 0.3 is 0 Å². The van der Waals surface area contributed by atoms with Gasteiger partial charge in [0.15, 0.2) is 0 Å². The van der Waals surface area contributed by atoms with Crippen molar-refractivity contribution in [2.45, 2.75) is 30.7 Å². The molecule has 0 N–H and O–H groups in total. The van der Waals surface area contributed by atoms with E-state index in [0.29, 0.717) is 11.5 Å². The molecule has 1 unspecified atom stereocenters. The number of rotatable bonds is 2. The van der Waals surface area contributed by atoms with E-state index < -0.39 is 0 Å². The van der Waals surface area contributed by atoms with Gasteiger partial charge in [0.1, 0.15) is 5.82 Å². The zero-order valence-corrected chi connectivity index (χ0v) is 15.2. The zero-order valence-electron chi connectivity index (χ0n) is 15.2. The van der Waals surface area contributed by atoms with Gasteiger partial charge in [0.2, 0.25) is 0 Å². The van der Waals surface area contributed by atoms with E-state index in [-0.39, 0.29) is 0 Å². The van der Waals surface area contributed by atoms with Crippen LogP contribution in [0.15, 0.2) is 42.9 Å². The Bertz CT molecular complexity index is 752. The van der Waals surface area contributed by atoms with Crippen LogP contribution in [-0.4, -0.2) is 54.3 Å². The highest BCUT2D eigenvalue weighted by molar-refractivity contribution is 5.45. The van der Waals surface area contributed by atoms with Crippen molar-refractivity contribution in [3.05, 3.63) is 54.0 Å². The molecule has 0 bridgehead atoms. The lowest BCUT2D eigenvalue weighted by Gasteiger charge is -2.41. The molecule has 26 heavy (non-hydrogen) atoms. The topological polar surface area (TPSA) is 41.5 Å². The molecule has 3 aliphatic rings. The number of fused-ring (bicyclic) bond motifs is 2. The van der Waals surface area contributed by atoms with Crippen molar-refractivity contribution in [2.75, 3.05) is 44.3 Å². The van der Waals surface area contributed by atoms with Crippen LogP contribution in [0.5, 0.6) is 0 Å². The third-order valence-corrected chi connectivity index (χ3v) is 6.56. The van der Waals surface area contributed by atoms with Crippen LogP contribution in [0.25, 0.3) is 0 Å². The second-order valence-corrected chi connectivity index (χ2v) is 7.79. The number of hydrogen-bond donors (Lipinski definition) is 0. The third kappa shape index (κ3) is 2.70. The average molecular weight is 350 g/mol. The van der Waals surface area contributed by atoms with Gasteiger partial charge in [-0.1, -0.05) is 24.3 Å². The SMILES string of the molecule is c1ccc2c(c1)C(N1CCOCC1)CC21CCN(c2cnccn2)CC1. The van der Waals surface area contributed by atoms with E-state index in [1.54, 1.807) is 23.5 Å². The minimum absolute atomic E-state index is 0.318. The second kappa shape index (κ2) is 6.63. The van der Waals surface area contributed by atoms with Crippen LogP contribution in [0, 0.1) is 0 Å². The van der Waals surface area contributed by atoms with Gasteiger partial charge in [0, 0.05) is 50.0 Å². The first kappa shape index (κ1) is 16.2. The summed E-state index contributed by atoms with van der Waals surface area (Å²) in [7, 11) is 0. The number of morpholine rings is 1. The molecule has 2 saturated heterocycles. The van der Waals surface area contributed by atoms with Crippen LogP contribution in [0.4, 0.5) is 5.82 Å². The van der Waals surface area contributed by atoms with Crippen molar-refractivity contribution in [3.8, 4) is 0 Å². The second-order valence-electron chi connectivity index (χ2n) is 7.79. The van der Waals surface area contributed by atoms with Gasteiger partial charge in [0.05, 0.1) is 19.4 Å². The van der Waals surface area contributed by atoms with E-state index in [0.717, 1.165) is 45.2 Å². The number of aromatic nitrogens is 2. The maximum atomic E-state index is 5.59. The van der Waals surface area contributed by atoms with Gasteiger partial charge in [0.25, 0.3) is 0 Å². The first-order valence-corrected chi connectivity index (χ1v) is 9.78. The number of benzene rings is 1. The zero-order chi connectivity index (χ0) is 17.4. The van der Waals surface area contributed by atoms with E-state index in [9.17, 15) is 0 Å². The molecule has 2 fully saturated rings. The van der Waals surface area contributed by atoms with Gasteiger partial charge in [-0.2, -0.15) is 0 Å². The Morgan fingerprint density at radius 3 is 2.58 bits per heavy atom. The Labute approximate surface area is 155 Å². The molecule has 2 aromatic rings. The molecule has 0 radical (unpaired) electrons. The molecule has 2 aliphatic heterocycles. The fourth-order valence-electron chi connectivity index (χ4n) is 5.17. The molecular weight excluding hydrogens is 324 g/mol. The predicted octanol–water partition coefficient (Wildman–Crippen LogP) is 2.79. The molecule has 5 nitrogen and oxygen atoms in total. The Hall–Kier alpha value is -1.98. The lowest BCUT2D eigenvalue weighted by atomic mass is 9.73. The normalized spacial score (nSPS) is 25.4. The Kier molecular flexibility index (Phi) is 4.14. The lowest BCUT2D eigenvalue weighted by molar-refractivity contribution is 0.0122. The van der Waals surface area contributed by atoms with E-state index in [2.05, 4.69) is 44.0 Å². The molecule has 1 aliphatic carbocycles. The highest BCUT2D eigenvalue weighted by atomic mass is 16.5. The Morgan fingerprint density at radius 2 is 1.81 bits per heavy atom. The molecule has 0 amide bonds. The quantitative estimate of drug-likeness (QED) is 0.833. The average Bonchev–Trinajstić information content (AvgIpc) is 3.04. The minimum atomic E-state index is 0.318. The molecule has 5 heteroatoms. The van der Waals surface area contributed by atoms with Crippen molar-refractivity contribution in [1.29, 1.82) is 0 Å².